The third-order valence-corrected chi connectivity index (χ3v) is 3.38. The highest BCUT2D eigenvalue weighted by atomic mass is 16.5. The molecule has 0 fully saturated rings. The van der Waals surface area contributed by atoms with Crippen LogP contribution in [0, 0.1) is 0 Å². The van der Waals surface area contributed by atoms with Crippen molar-refractivity contribution < 1.29 is 13.9 Å². The minimum atomic E-state index is -0.319. The number of rotatable bonds is 5. The topological polar surface area (TPSA) is 52.3 Å². The van der Waals surface area contributed by atoms with Gasteiger partial charge in [-0.2, -0.15) is 0 Å². The van der Waals surface area contributed by atoms with Gasteiger partial charge in [0.15, 0.2) is 0 Å². The molecule has 0 unspecified atom stereocenters. The highest BCUT2D eigenvalue weighted by Crippen LogP contribution is 2.29. The van der Waals surface area contributed by atoms with Crippen LogP contribution in [-0.2, 0) is 16.0 Å². The van der Waals surface area contributed by atoms with Gasteiger partial charge in [-0.1, -0.05) is 48.5 Å². The van der Waals surface area contributed by atoms with Gasteiger partial charge in [0.25, 0.3) is 0 Å². The lowest BCUT2D eigenvalue weighted by Gasteiger charge is -2.01. The van der Waals surface area contributed by atoms with Crippen LogP contribution in [0.15, 0.2) is 65.1 Å². The number of hydrogen-bond acceptors (Lipinski definition) is 4. The first-order valence-corrected chi connectivity index (χ1v) is 7.54. The van der Waals surface area contributed by atoms with Gasteiger partial charge in [0, 0.05) is 11.1 Å². The second kappa shape index (κ2) is 6.92. The molecule has 1 aromatic heterocycles. The maximum Gasteiger partial charge on any atom is 0.313 e. The van der Waals surface area contributed by atoms with E-state index in [-0.39, 0.29) is 12.4 Å². The second-order valence-corrected chi connectivity index (χ2v) is 5.00. The molecule has 0 N–H and O–H groups in total. The van der Waals surface area contributed by atoms with Crippen LogP contribution in [0.3, 0.4) is 0 Å². The molecule has 3 aromatic rings. The molecule has 4 heteroatoms. The Morgan fingerprint density at radius 3 is 2.22 bits per heavy atom. The van der Waals surface area contributed by atoms with Crippen molar-refractivity contribution >= 4 is 5.97 Å². The number of benzene rings is 2. The predicted octanol–water partition coefficient (Wildman–Crippen LogP) is 4.11. The Labute approximate surface area is 134 Å². The molecular weight excluding hydrogens is 290 g/mol. The quantitative estimate of drug-likeness (QED) is 0.665. The van der Waals surface area contributed by atoms with Gasteiger partial charge in [-0.3, -0.25) is 4.79 Å². The highest BCUT2D eigenvalue weighted by Gasteiger charge is 2.19. The SMILES string of the molecule is CCOC(=O)Cc1oc(-c2ccccc2)nc1-c1ccccc1. The zero-order chi connectivity index (χ0) is 16.1. The van der Waals surface area contributed by atoms with Gasteiger partial charge in [0.1, 0.15) is 17.9 Å². The Hall–Kier alpha value is -2.88. The average Bonchev–Trinajstić information content (AvgIpc) is 3.00. The smallest absolute Gasteiger partial charge is 0.313 e. The van der Waals surface area contributed by atoms with Crippen LogP contribution >= 0.6 is 0 Å². The summed E-state index contributed by atoms with van der Waals surface area (Å²) in [7, 11) is 0. The van der Waals surface area contributed by atoms with E-state index in [0.29, 0.717) is 24.0 Å². The zero-order valence-corrected chi connectivity index (χ0v) is 12.9. The van der Waals surface area contributed by atoms with Crippen molar-refractivity contribution in [1.29, 1.82) is 0 Å². The minimum Gasteiger partial charge on any atom is -0.466 e. The second-order valence-electron chi connectivity index (χ2n) is 5.00. The third kappa shape index (κ3) is 3.48. The first-order valence-electron chi connectivity index (χ1n) is 7.54. The van der Waals surface area contributed by atoms with Gasteiger partial charge in [0.05, 0.1) is 6.61 Å². The van der Waals surface area contributed by atoms with Crippen molar-refractivity contribution in [3.8, 4) is 22.7 Å². The third-order valence-electron chi connectivity index (χ3n) is 3.38. The summed E-state index contributed by atoms with van der Waals surface area (Å²) in [5, 5.41) is 0. The van der Waals surface area contributed by atoms with E-state index in [1.54, 1.807) is 6.92 Å². The number of aromatic nitrogens is 1. The summed E-state index contributed by atoms with van der Waals surface area (Å²) >= 11 is 0. The van der Waals surface area contributed by atoms with E-state index < -0.39 is 0 Å². The number of carbonyl (C=O) groups excluding carboxylic acids is 1. The molecule has 0 aliphatic rings. The average molecular weight is 307 g/mol. The highest BCUT2D eigenvalue weighted by molar-refractivity contribution is 5.76. The summed E-state index contributed by atoms with van der Waals surface area (Å²) in [5.41, 5.74) is 2.47. The molecule has 0 bridgehead atoms. The van der Waals surface area contributed by atoms with Crippen LogP contribution in [0.4, 0.5) is 0 Å². The molecular formula is C19H17NO3. The van der Waals surface area contributed by atoms with Crippen molar-refractivity contribution in [3.63, 3.8) is 0 Å². The van der Waals surface area contributed by atoms with Crippen molar-refractivity contribution in [2.24, 2.45) is 0 Å². The van der Waals surface area contributed by atoms with Gasteiger partial charge in [0.2, 0.25) is 5.89 Å². The van der Waals surface area contributed by atoms with Crippen LogP contribution in [0.1, 0.15) is 12.7 Å². The number of ether oxygens (including phenoxy) is 1. The summed E-state index contributed by atoms with van der Waals surface area (Å²) in [6.07, 6.45) is 0.0674. The Bertz CT molecular complexity index is 779. The van der Waals surface area contributed by atoms with Crippen LogP contribution in [-0.4, -0.2) is 17.6 Å². The molecule has 3 rings (SSSR count). The Morgan fingerprint density at radius 2 is 1.61 bits per heavy atom. The van der Waals surface area contributed by atoms with E-state index in [1.807, 2.05) is 60.7 Å². The number of carbonyl (C=O) groups is 1. The van der Waals surface area contributed by atoms with Gasteiger partial charge in [-0.15, -0.1) is 0 Å². The van der Waals surface area contributed by atoms with E-state index in [9.17, 15) is 4.79 Å². The number of esters is 1. The standard InChI is InChI=1S/C19H17NO3/c1-2-22-17(21)13-16-18(14-9-5-3-6-10-14)20-19(23-16)15-11-7-4-8-12-15/h3-12H,2,13H2,1H3. The molecule has 0 spiro atoms. The van der Waals surface area contributed by atoms with Gasteiger partial charge < -0.3 is 9.15 Å². The van der Waals surface area contributed by atoms with Crippen LogP contribution < -0.4 is 0 Å². The summed E-state index contributed by atoms with van der Waals surface area (Å²) in [6, 6.07) is 19.3. The molecule has 4 nitrogen and oxygen atoms in total. The van der Waals surface area contributed by atoms with Crippen molar-refractivity contribution in [2.45, 2.75) is 13.3 Å². The number of oxazole rings is 1. The summed E-state index contributed by atoms with van der Waals surface area (Å²) in [5.74, 6) is 0.706. The fourth-order valence-corrected chi connectivity index (χ4v) is 2.34. The molecule has 0 aliphatic carbocycles. The van der Waals surface area contributed by atoms with E-state index in [2.05, 4.69) is 4.98 Å². The van der Waals surface area contributed by atoms with Gasteiger partial charge in [-0.05, 0) is 19.1 Å². The summed E-state index contributed by atoms with van der Waals surface area (Å²) < 4.78 is 10.9. The number of nitrogens with zero attached hydrogens (tertiary/aromatic N) is 1. The summed E-state index contributed by atoms with van der Waals surface area (Å²) in [4.78, 5) is 16.4. The molecule has 0 aliphatic heterocycles. The lowest BCUT2D eigenvalue weighted by molar-refractivity contribution is -0.142. The Morgan fingerprint density at radius 1 is 1.00 bits per heavy atom. The van der Waals surface area contributed by atoms with Crippen molar-refractivity contribution in [1.82, 2.24) is 4.98 Å². The molecule has 0 amide bonds. The molecule has 1 heterocycles. The largest absolute Gasteiger partial charge is 0.466 e. The molecule has 23 heavy (non-hydrogen) atoms. The van der Waals surface area contributed by atoms with Crippen LogP contribution in [0.5, 0.6) is 0 Å². The molecule has 2 aromatic carbocycles. The Balaban J connectivity index is 2.02. The predicted molar refractivity (Wildman–Crippen MR) is 87.7 cm³/mol. The first kappa shape index (κ1) is 15.0. The molecule has 0 saturated heterocycles. The maximum absolute atomic E-state index is 11.8. The van der Waals surface area contributed by atoms with Gasteiger partial charge in [-0.25, -0.2) is 4.98 Å². The molecule has 0 radical (unpaired) electrons. The Kier molecular flexibility index (Phi) is 4.52. The normalized spacial score (nSPS) is 10.5. The van der Waals surface area contributed by atoms with Crippen molar-refractivity contribution in [3.05, 3.63) is 66.4 Å². The molecule has 0 saturated carbocycles. The fraction of sp³-hybridized carbons (Fsp3) is 0.158. The monoisotopic (exact) mass is 307 g/mol. The van der Waals surface area contributed by atoms with Crippen LogP contribution in [0.2, 0.25) is 0 Å². The van der Waals surface area contributed by atoms with E-state index in [4.69, 9.17) is 9.15 Å². The molecule has 0 atom stereocenters. The van der Waals surface area contributed by atoms with E-state index in [0.717, 1.165) is 11.1 Å². The first-order chi connectivity index (χ1) is 11.3. The lowest BCUT2D eigenvalue weighted by atomic mass is 10.1. The number of hydrogen-bond donors (Lipinski definition) is 0. The zero-order valence-electron chi connectivity index (χ0n) is 12.9. The fourth-order valence-electron chi connectivity index (χ4n) is 2.34. The van der Waals surface area contributed by atoms with Crippen LogP contribution in [0.25, 0.3) is 22.7 Å². The van der Waals surface area contributed by atoms with Crippen molar-refractivity contribution in [2.75, 3.05) is 6.61 Å². The summed E-state index contributed by atoms with van der Waals surface area (Å²) in [6.45, 7) is 2.13. The lowest BCUT2D eigenvalue weighted by Crippen LogP contribution is -2.07. The molecule has 116 valence electrons. The maximum atomic E-state index is 11.8. The van der Waals surface area contributed by atoms with E-state index in [1.165, 1.54) is 0 Å². The minimum absolute atomic E-state index is 0.0674. The van der Waals surface area contributed by atoms with E-state index >= 15 is 0 Å². The van der Waals surface area contributed by atoms with Gasteiger partial charge >= 0.3 is 5.97 Å².